The second-order valence-electron chi connectivity index (χ2n) is 5.72. The Kier molecular flexibility index (Phi) is 11.2. The highest BCUT2D eigenvalue weighted by atomic mass is 127. The lowest BCUT2D eigenvalue weighted by atomic mass is 10.1. The lowest BCUT2D eigenvalue weighted by Gasteiger charge is -2.20. The molecule has 0 aliphatic carbocycles. The van der Waals surface area contributed by atoms with Gasteiger partial charge in [0.2, 0.25) is 0 Å². The molecule has 13 heteroatoms. The van der Waals surface area contributed by atoms with Gasteiger partial charge in [0, 0.05) is 27.4 Å². The van der Waals surface area contributed by atoms with E-state index in [0.717, 1.165) is 0 Å². The van der Waals surface area contributed by atoms with E-state index in [1.807, 2.05) is 67.8 Å². The molecule has 0 saturated carbocycles. The van der Waals surface area contributed by atoms with Gasteiger partial charge in [-0.05, 0) is 79.8 Å². The number of carbonyl (C=O) groups excluding carboxylic acids is 4. The fraction of sp³-hybridized carbons (Fsp3) is 0.353. The van der Waals surface area contributed by atoms with Crippen molar-refractivity contribution in [3.8, 4) is 0 Å². The van der Waals surface area contributed by atoms with Crippen LogP contribution < -0.4 is 10.6 Å². The first kappa shape index (κ1) is 26.8. The molecule has 2 amide bonds. The summed E-state index contributed by atoms with van der Waals surface area (Å²) in [6.07, 6.45) is -0.00328. The van der Waals surface area contributed by atoms with Crippen molar-refractivity contribution < 1.29 is 38.6 Å². The summed E-state index contributed by atoms with van der Waals surface area (Å²) in [5.41, 5.74) is 1.30. The lowest BCUT2D eigenvalue weighted by molar-refractivity contribution is -0.145. The number of amides is 2. The molecule has 3 N–H and O–H groups in total. The summed E-state index contributed by atoms with van der Waals surface area (Å²) < 4.78 is 11.0. The molecular formula is C17H17I3N2O8. The monoisotopic (exact) mass is 758 g/mol. The minimum absolute atomic E-state index is 0.155. The van der Waals surface area contributed by atoms with E-state index < -0.39 is 42.9 Å². The Morgan fingerprint density at radius 1 is 0.800 bits per heavy atom. The molecule has 1 rings (SSSR count). The molecule has 0 saturated heterocycles. The molecule has 0 aromatic heterocycles. The van der Waals surface area contributed by atoms with E-state index in [1.54, 1.807) is 0 Å². The SMILES string of the molecule is CC(=O)OCC(=O)Nc1c(I)c(CCC(=O)O)c(I)c(NC(=O)COC(C)=O)c1I. The van der Waals surface area contributed by atoms with E-state index >= 15 is 0 Å². The van der Waals surface area contributed by atoms with E-state index in [-0.39, 0.29) is 12.8 Å². The molecule has 1 aromatic carbocycles. The number of carboxylic acids is 1. The second-order valence-corrected chi connectivity index (χ2v) is 8.96. The van der Waals surface area contributed by atoms with Crippen LogP contribution in [0.25, 0.3) is 0 Å². The van der Waals surface area contributed by atoms with E-state index in [2.05, 4.69) is 20.1 Å². The highest BCUT2D eigenvalue weighted by molar-refractivity contribution is 14.1. The number of rotatable bonds is 9. The summed E-state index contributed by atoms with van der Waals surface area (Å²) in [6.45, 7) is 1.36. The fourth-order valence-electron chi connectivity index (χ4n) is 2.07. The van der Waals surface area contributed by atoms with Gasteiger partial charge >= 0.3 is 17.9 Å². The third-order valence-corrected chi connectivity index (χ3v) is 6.80. The summed E-state index contributed by atoms with van der Waals surface area (Å²) in [6, 6.07) is 0. The van der Waals surface area contributed by atoms with Crippen LogP contribution >= 0.6 is 67.8 Å². The number of halogens is 3. The number of anilines is 2. The lowest BCUT2D eigenvalue weighted by Crippen LogP contribution is -2.24. The molecule has 0 atom stereocenters. The third kappa shape index (κ3) is 8.48. The molecule has 164 valence electrons. The topological polar surface area (TPSA) is 148 Å². The maximum atomic E-state index is 12.2. The van der Waals surface area contributed by atoms with E-state index in [1.165, 1.54) is 13.8 Å². The van der Waals surface area contributed by atoms with Gasteiger partial charge < -0.3 is 25.2 Å². The van der Waals surface area contributed by atoms with Crippen molar-refractivity contribution >= 4 is 109 Å². The largest absolute Gasteiger partial charge is 0.481 e. The zero-order valence-electron chi connectivity index (χ0n) is 15.8. The van der Waals surface area contributed by atoms with E-state index in [0.29, 0.717) is 27.6 Å². The maximum absolute atomic E-state index is 12.2. The van der Waals surface area contributed by atoms with Gasteiger partial charge in [-0.2, -0.15) is 0 Å². The summed E-state index contributed by atoms with van der Waals surface area (Å²) in [5.74, 6) is -3.41. The summed E-state index contributed by atoms with van der Waals surface area (Å²) in [4.78, 5) is 57.2. The highest BCUT2D eigenvalue weighted by Crippen LogP contribution is 2.39. The molecule has 1 aromatic rings. The van der Waals surface area contributed by atoms with Crippen molar-refractivity contribution in [3.05, 3.63) is 16.3 Å². The molecule has 0 fully saturated rings. The Bertz CT molecular complexity index is 829. The van der Waals surface area contributed by atoms with Crippen molar-refractivity contribution in [1.82, 2.24) is 0 Å². The van der Waals surface area contributed by atoms with Crippen LogP contribution in [-0.2, 0) is 39.9 Å². The Morgan fingerprint density at radius 3 is 1.53 bits per heavy atom. The normalized spacial score (nSPS) is 10.2. The average molecular weight is 758 g/mol. The number of ether oxygens (including phenoxy) is 2. The molecule has 0 aliphatic heterocycles. The molecule has 0 heterocycles. The molecule has 0 unspecified atom stereocenters. The van der Waals surface area contributed by atoms with Crippen LogP contribution in [0.3, 0.4) is 0 Å². The predicted molar refractivity (Wildman–Crippen MR) is 131 cm³/mol. The van der Waals surface area contributed by atoms with Gasteiger partial charge in [0.1, 0.15) is 0 Å². The smallest absolute Gasteiger partial charge is 0.303 e. The zero-order chi connectivity index (χ0) is 23.0. The fourth-order valence-corrected chi connectivity index (χ4v) is 6.32. The number of nitrogens with one attached hydrogen (secondary N) is 2. The molecule has 0 spiro atoms. The van der Waals surface area contributed by atoms with Crippen LogP contribution in [0.2, 0.25) is 0 Å². The van der Waals surface area contributed by atoms with Gasteiger partial charge in [0.05, 0.1) is 14.9 Å². The van der Waals surface area contributed by atoms with Crippen LogP contribution in [0.15, 0.2) is 0 Å². The number of benzene rings is 1. The summed E-state index contributed by atoms with van der Waals surface area (Å²) in [7, 11) is 0. The van der Waals surface area contributed by atoms with Crippen LogP contribution in [0.1, 0.15) is 25.8 Å². The van der Waals surface area contributed by atoms with Gasteiger partial charge in [-0.3, -0.25) is 24.0 Å². The van der Waals surface area contributed by atoms with Gasteiger partial charge in [-0.15, -0.1) is 0 Å². The first-order valence-electron chi connectivity index (χ1n) is 8.21. The van der Waals surface area contributed by atoms with Crippen LogP contribution in [0.4, 0.5) is 11.4 Å². The van der Waals surface area contributed by atoms with Crippen LogP contribution in [0, 0.1) is 10.7 Å². The van der Waals surface area contributed by atoms with Crippen molar-refractivity contribution in [2.75, 3.05) is 23.8 Å². The Labute approximate surface area is 212 Å². The van der Waals surface area contributed by atoms with Crippen LogP contribution in [-0.4, -0.2) is 48.0 Å². The Balaban J connectivity index is 3.33. The van der Waals surface area contributed by atoms with Gasteiger partial charge in [0.15, 0.2) is 13.2 Å². The standard InChI is InChI=1S/C17H17I3N2O8/c1-7(23)29-5-10(25)21-16-13(18)9(3-4-12(27)28)14(19)17(15(16)20)22-11(26)6-30-8(2)24/h3-6H2,1-2H3,(H,21,25)(H,22,26)(H,27,28). The quantitative estimate of drug-likeness (QED) is 0.257. The van der Waals surface area contributed by atoms with Gasteiger partial charge in [-0.25, -0.2) is 0 Å². The number of esters is 2. The maximum Gasteiger partial charge on any atom is 0.303 e. The molecule has 0 aliphatic rings. The zero-order valence-corrected chi connectivity index (χ0v) is 22.2. The molecule has 0 bridgehead atoms. The molecule has 30 heavy (non-hydrogen) atoms. The molecule has 0 radical (unpaired) electrons. The first-order valence-corrected chi connectivity index (χ1v) is 11.4. The van der Waals surface area contributed by atoms with Gasteiger partial charge in [-0.1, -0.05) is 0 Å². The number of hydrogen-bond donors (Lipinski definition) is 3. The minimum atomic E-state index is -0.999. The van der Waals surface area contributed by atoms with Crippen molar-refractivity contribution in [2.45, 2.75) is 26.7 Å². The Morgan fingerprint density at radius 2 is 1.20 bits per heavy atom. The van der Waals surface area contributed by atoms with Crippen molar-refractivity contribution in [3.63, 3.8) is 0 Å². The molecular weight excluding hydrogens is 741 g/mol. The first-order chi connectivity index (χ1) is 13.9. The second kappa shape index (κ2) is 12.6. The number of carboxylic acid groups (broad SMARTS) is 1. The van der Waals surface area contributed by atoms with Gasteiger partial charge in [0.25, 0.3) is 11.8 Å². The highest BCUT2D eigenvalue weighted by Gasteiger charge is 2.23. The third-order valence-electron chi connectivity index (χ3n) is 3.34. The van der Waals surface area contributed by atoms with Crippen LogP contribution in [0.5, 0.6) is 0 Å². The number of carbonyl (C=O) groups is 5. The van der Waals surface area contributed by atoms with E-state index in [9.17, 15) is 24.0 Å². The number of hydrogen-bond acceptors (Lipinski definition) is 7. The minimum Gasteiger partial charge on any atom is -0.481 e. The average Bonchev–Trinajstić information content (AvgIpc) is 2.65. The summed E-state index contributed by atoms with van der Waals surface area (Å²) >= 11 is 5.90. The Hall–Kier alpha value is -1.24. The van der Waals surface area contributed by atoms with Crippen molar-refractivity contribution in [1.29, 1.82) is 0 Å². The summed E-state index contributed by atoms with van der Waals surface area (Å²) in [5, 5.41) is 14.3. The van der Waals surface area contributed by atoms with Crippen molar-refractivity contribution in [2.24, 2.45) is 0 Å². The van der Waals surface area contributed by atoms with E-state index in [4.69, 9.17) is 5.11 Å². The molecule has 10 nitrogen and oxygen atoms in total. The number of aliphatic carboxylic acids is 1. The predicted octanol–water partition coefficient (Wildman–Crippen LogP) is 2.52.